The molecule has 0 atom stereocenters. The molecule has 0 fully saturated rings. The number of anilines is 3. The van der Waals surface area contributed by atoms with E-state index in [-0.39, 0.29) is 5.41 Å². The molecule has 1 aliphatic rings. The van der Waals surface area contributed by atoms with Gasteiger partial charge in [-0.15, -0.1) is 11.3 Å². The number of rotatable bonds is 5. The number of para-hydroxylation sites is 1. The van der Waals surface area contributed by atoms with Crippen LogP contribution in [-0.4, -0.2) is 0 Å². The topological polar surface area (TPSA) is 16.4 Å². The zero-order chi connectivity index (χ0) is 36.0. The molecule has 0 amide bonds. The van der Waals surface area contributed by atoms with Gasteiger partial charge in [-0.1, -0.05) is 129 Å². The first-order chi connectivity index (χ1) is 26.5. The molecule has 0 spiro atoms. The Morgan fingerprint density at radius 1 is 0.444 bits per heavy atom. The minimum absolute atomic E-state index is 0.00905. The van der Waals surface area contributed by atoms with Gasteiger partial charge in [-0.05, 0) is 99.6 Å². The van der Waals surface area contributed by atoms with Crippen LogP contribution in [0.15, 0.2) is 180 Å². The van der Waals surface area contributed by atoms with Crippen LogP contribution in [0.2, 0.25) is 0 Å². The van der Waals surface area contributed by atoms with Gasteiger partial charge in [0.25, 0.3) is 0 Å². The Balaban J connectivity index is 1.05. The van der Waals surface area contributed by atoms with E-state index in [1.54, 1.807) is 0 Å². The standard InChI is InChI=1S/C51H35NOS/c1-51(2)44-17-8-6-16-41(44)49-45(51)26-25-40-43-30-35(21-28-48(43)54-50(40)49)34-13-10-14-37(29-34)52(36-22-19-33(20-23-36)32-11-4-3-5-12-32)38-24-27-47-42(31-38)39-15-7-9-18-46(39)53-47/h3-31H,1-2H3. The van der Waals surface area contributed by atoms with Crippen molar-refractivity contribution in [3.05, 3.63) is 187 Å². The van der Waals surface area contributed by atoms with Gasteiger partial charge in [0, 0.05) is 59.0 Å². The number of hydrogen-bond donors (Lipinski definition) is 0. The van der Waals surface area contributed by atoms with Gasteiger partial charge in [0.15, 0.2) is 0 Å². The van der Waals surface area contributed by atoms with Crippen LogP contribution in [0.5, 0.6) is 0 Å². The third kappa shape index (κ3) is 4.72. The number of hydrogen-bond acceptors (Lipinski definition) is 3. The van der Waals surface area contributed by atoms with Crippen LogP contribution in [-0.2, 0) is 5.41 Å². The van der Waals surface area contributed by atoms with Crippen molar-refractivity contribution in [2.45, 2.75) is 19.3 Å². The third-order valence-electron chi connectivity index (χ3n) is 11.5. The molecular formula is C51H35NOS. The predicted molar refractivity (Wildman–Crippen MR) is 230 cm³/mol. The van der Waals surface area contributed by atoms with E-state index in [2.05, 4.69) is 183 Å². The Hall–Kier alpha value is -6.42. The van der Waals surface area contributed by atoms with Gasteiger partial charge in [-0.25, -0.2) is 0 Å². The Bertz CT molecular complexity index is 3080. The second-order valence-electron chi connectivity index (χ2n) is 14.9. The van der Waals surface area contributed by atoms with E-state index in [1.165, 1.54) is 64.7 Å². The highest BCUT2D eigenvalue weighted by atomic mass is 32.1. The minimum atomic E-state index is -0.00905. The van der Waals surface area contributed by atoms with Crippen LogP contribution < -0.4 is 4.90 Å². The molecule has 10 aromatic rings. The van der Waals surface area contributed by atoms with Crippen LogP contribution in [0.3, 0.4) is 0 Å². The lowest BCUT2D eigenvalue weighted by Crippen LogP contribution is -2.14. The van der Waals surface area contributed by atoms with E-state index in [0.29, 0.717) is 0 Å². The van der Waals surface area contributed by atoms with Crippen molar-refractivity contribution < 1.29 is 4.42 Å². The van der Waals surface area contributed by atoms with E-state index in [1.807, 2.05) is 23.5 Å². The first-order valence-corrected chi connectivity index (χ1v) is 19.4. The van der Waals surface area contributed by atoms with E-state index < -0.39 is 0 Å². The maximum absolute atomic E-state index is 6.23. The molecule has 11 rings (SSSR count). The first-order valence-electron chi connectivity index (χ1n) is 18.6. The maximum atomic E-state index is 6.23. The molecule has 54 heavy (non-hydrogen) atoms. The summed E-state index contributed by atoms with van der Waals surface area (Å²) in [5.74, 6) is 0. The molecule has 8 aromatic carbocycles. The number of fused-ring (bicyclic) bond motifs is 10. The highest BCUT2D eigenvalue weighted by Gasteiger charge is 2.36. The number of nitrogens with zero attached hydrogens (tertiary/aromatic N) is 1. The Morgan fingerprint density at radius 3 is 2.02 bits per heavy atom. The van der Waals surface area contributed by atoms with Crippen LogP contribution in [0, 0.1) is 0 Å². The number of benzene rings is 8. The molecule has 256 valence electrons. The van der Waals surface area contributed by atoms with E-state index >= 15 is 0 Å². The maximum Gasteiger partial charge on any atom is 0.135 e. The number of furan rings is 1. The second kappa shape index (κ2) is 11.8. The van der Waals surface area contributed by atoms with Crippen molar-refractivity contribution in [3.63, 3.8) is 0 Å². The molecule has 2 aromatic heterocycles. The van der Waals surface area contributed by atoms with Crippen molar-refractivity contribution in [3.8, 4) is 33.4 Å². The summed E-state index contributed by atoms with van der Waals surface area (Å²) in [5.41, 5.74) is 15.5. The highest BCUT2D eigenvalue weighted by molar-refractivity contribution is 7.26. The van der Waals surface area contributed by atoms with E-state index in [0.717, 1.165) is 39.0 Å². The summed E-state index contributed by atoms with van der Waals surface area (Å²) >= 11 is 1.92. The average molecular weight is 710 g/mol. The molecule has 0 N–H and O–H groups in total. The molecule has 0 radical (unpaired) electrons. The van der Waals surface area contributed by atoms with Gasteiger partial charge < -0.3 is 9.32 Å². The first kappa shape index (κ1) is 31.1. The summed E-state index contributed by atoms with van der Waals surface area (Å²) in [6.45, 7) is 4.72. The van der Waals surface area contributed by atoms with Gasteiger partial charge >= 0.3 is 0 Å². The van der Waals surface area contributed by atoms with Crippen molar-refractivity contribution in [1.29, 1.82) is 0 Å². The molecule has 0 aliphatic heterocycles. The summed E-state index contributed by atoms with van der Waals surface area (Å²) in [5, 5.41) is 4.88. The molecule has 0 saturated carbocycles. The minimum Gasteiger partial charge on any atom is -0.456 e. The Kier molecular flexibility index (Phi) is 6.80. The largest absolute Gasteiger partial charge is 0.456 e. The molecule has 0 saturated heterocycles. The van der Waals surface area contributed by atoms with Crippen LogP contribution in [0.4, 0.5) is 17.1 Å². The molecule has 0 unspecified atom stereocenters. The fraction of sp³-hybridized carbons (Fsp3) is 0.0588. The quantitative estimate of drug-likeness (QED) is 0.177. The summed E-state index contributed by atoms with van der Waals surface area (Å²) in [4.78, 5) is 2.36. The van der Waals surface area contributed by atoms with Crippen molar-refractivity contribution in [1.82, 2.24) is 0 Å². The van der Waals surface area contributed by atoms with Crippen molar-refractivity contribution in [2.24, 2.45) is 0 Å². The molecular weight excluding hydrogens is 675 g/mol. The average Bonchev–Trinajstić information content (AvgIpc) is 3.86. The monoisotopic (exact) mass is 709 g/mol. The predicted octanol–water partition coefficient (Wildman–Crippen LogP) is 15.1. The highest BCUT2D eigenvalue weighted by Crippen LogP contribution is 2.54. The molecule has 1 aliphatic carbocycles. The summed E-state index contributed by atoms with van der Waals surface area (Å²) in [7, 11) is 0. The van der Waals surface area contributed by atoms with Crippen LogP contribution in [0.25, 0.3) is 75.5 Å². The second-order valence-corrected chi connectivity index (χ2v) is 16.0. The van der Waals surface area contributed by atoms with Gasteiger partial charge in [0.1, 0.15) is 11.2 Å². The molecule has 2 nitrogen and oxygen atoms in total. The van der Waals surface area contributed by atoms with E-state index in [4.69, 9.17) is 4.42 Å². The summed E-state index contributed by atoms with van der Waals surface area (Å²) < 4.78 is 8.94. The Labute approximate surface area is 318 Å². The van der Waals surface area contributed by atoms with Crippen molar-refractivity contribution in [2.75, 3.05) is 4.90 Å². The van der Waals surface area contributed by atoms with Gasteiger partial charge in [-0.3, -0.25) is 0 Å². The van der Waals surface area contributed by atoms with Crippen molar-refractivity contribution >= 4 is 70.5 Å². The lowest BCUT2D eigenvalue weighted by molar-refractivity contribution is 0.661. The van der Waals surface area contributed by atoms with Gasteiger partial charge in [-0.2, -0.15) is 0 Å². The summed E-state index contributed by atoms with van der Waals surface area (Å²) in [6, 6.07) is 64.0. The molecule has 2 heterocycles. The van der Waals surface area contributed by atoms with Gasteiger partial charge in [0.05, 0.1) is 0 Å². The van der Waals surface area contributed by atoms with E-state index in [9.17, 15) is 0 Å². The SMILES string of the molecule is CC1(C)c2ccccc2-c2c1ccc1c2sc2ccc(-c3cccc(N(c4ccc(-c5ccccc5)cc4)c4ccc5oc6ccccc6c5c4)c3)cc21. The fourth-order valence-corrected chi connectivity index (χ4v) is 10.0. The molecule has 0 bridgehead atoms. The summed E-state index contributed by atoms with van der Waals surface area (Å²) in [6.07, 6.45) is 0. The third-order valence-corrected chi connectivity index (χ3v) is 12.7. The van der Waals surface area contributed by atoms with Crippen LogP contribution in [0.1, 0.15) is 25.0 Å². The number of thiophene rings is 1. The van der Waals surface area contributed by atoms with Gasteiger partial charge in [0.2, 0.25) is 0 Å². The lowest BCUT2D eigenvalue weighted by Gasteiger charge is -2.26. The zero-order valence-corrected chi connectivity index (χ0v) is 30.8. The fourth-order valence-electron chi connectivity index (χ4n) is 8.76. The smallest absolute Gasteiger partial charge is 0.135 e. The van der Waals surface area contributed by atoms with Crippen LogP contribution >= 0.6 is 11.3 Å². The lowest BCUT2D eigenvalue weighted by atomic mass is 9.82. The Morgan fingerprint density at radius 2 is 1.13 bits per heavy atom. The zero-order valence-electron chi connectivity index (χ0n) is 30.0. The molecule has 3 heteroatoms. The normalized spacial score (nSPS) is 13.1.